The summed E-state index contributed by atoms with van der Waals surface area (Å²) in [6.45, 7) is 6.17. The Morgan fingerprint density at radius 3 is 2.78 bits per heavy atom. The number of hydrogen-bond acceptors (Lipinski definition) is 4. The summed E-state index contributed by atoms with van der Waals surface area (Å²) in [5.41, 5.74) is 0. The lowest BCUT2D eigenvalue weighted by molar-refractivity contribution is -0.149. The minimum absolute atomic E-state index is 0.0189. The summed E-state index contributed by atoms with van der Waals surface area (Å²) in [4.78, 5) is 14.1. The normalized spacial score (nSPS) is 16.3. The van der Waals surface area contributed by atoms with E-state index < -0.39 is 0 Å². The van der Waals surface area contributed by atoms with E-state index in [4.69, 9.17) is 9.47 Å². The molecule has 0 saturated carbocycles. The molecule has 0 amide bonds. The minimum atomic E-state index is -0.0189. The third kappa shape index (κ3) is 6.51. The molecule has 128 valence electrons. The van der Waals surface area contributed by atoms with Crippen LogP contribution in [0.25, 0.3) is 0 Å². The van der Waals surface area contributed by atoms with Crippen molar-refractivity contribution in [1.82, 2.24) is 4.90 Å². The molecule has 4 nitrogen and oxygen atoms in total. The van der Waals surface area contributed by atoms with Gasteiger partial charge in [-0.2, -0.15) is 0 Å². The van der Waals surface area contributed by atoms with Crippen LogP contribution in [0.1, 0.15) is 32.6 Å². The third-order valence-electron chi connectivity index (χ3n) is 4.14. The number of esters is 1. The second-order valence-electron chi connectivity index (χ2n) is 5.88. The Kier molecular flexibility index (Phi) is 7.89. The van der Waals surface area contributed by atoms with E-state index in [1.807, 2.05) is 31.2 Å². The molecule has 5 heteroatoms. The number of carbonyl (C=O) groups excluding carboxylic acids is 1. The number of ether oxygens (including phenoxy) is 2. The molecular formula is C18H26BrNO3. The first kappa shape index (κ1) is 18.3. The maximum Gasteiger partial charge on any atom is 0.309 e. The van der Waals surface area contributed by atoms with Crippen molar-refractivity contribution in [3.8, 4) is 5.75 Å². The third-order valence-corrected chi connectivity index (χ3v) is 4.63. The van der Waals surface area contributed by atoms with E-state index in [1.54, 1.807) is 0 Å². The standard InChI is InChI=1S/C18H26BrNO3/c1-2-22-18(21)15-8-11-20(12-9-15)10-3-4-13-23-17-7-5-6-16(19)14-17/h5-7,14-15H,2-4,8-13H2,1H3. The SMILES string of the molecule is CCOC(=O)C1CCN(CCCCOc2cccc(Br)c2)CC1. The maximum absolute atomic E-state index is 11.7. The van der Waals surface area contributed by atoms with Gasteiger partial charge in [-0.1, -0.05) is 22.0 Å². The van der Waals surface area contributed by atoms with Gasteiger partial charge in [-0.25, -0.2) is 0 Å². The lowest BCUT2D eigenvalue weighted by atomic mass is 9.97. The van der Waals surface area contributed by atoms with Crippen LogP contribution in [0.15, 0.2) is 28.7 Å². The van der Waals surface area contributed by atoms with E-state index in [0.29, 0.717) is 6.61 Å². The zero-order chi connectivity index (χ0) is 16.5. The summed E-state index contributed by atoms with van der Waals surface area (Å²) in [7, 11) is 0. The molecule has 1 aliphatic rings. The summed E-state index contributed by atoms with van der Waals surface area (Å²) >= 11 is 3.44. The van der Waals surface area contributed by atoms with E-state index in [9.17, 15) is 4.79 Å². The Bertz CT molecular complexity index is 487. The second kappa shape index (κ2) is 9.93. The lowest BCUT2D eigenvalue weighted by Crippen LogP contribution is -2.37. The van der Waals surface area contributed by atoms with Gasteiger partial charge in [0.05, 0.1) is 19.1 Å². The highest BCUT2D eigenvalue weighted by molar-refractivity contribution is 9.10. The molecule has 0 unspecified atom stereocenters. The van der Waals surface area contributed by atoms with Crippen molar-refractivity contribution in [1.29, 1.82) is 0 Å². The molecule has 0 aliphatic carbocycles. The fourth-order valence-electron chi connectivity index (χ4n) is 2.84. The van der Waals surface area contributed by atoms with Crippen LogP contribution >= 0.6 is 15.9 Å². The van der Waals surface area contributed by atoms with Crippen molar-refractivity contribution in [3.63, 3.8) is 0 Å². The fraction of sp³-hybridized carbons (Fsp3) is 0.611. The van der Waals surface area contributed by atoms with Crippen LogP contribution in [0.4, 0.5) is 0 Å². The summed E-state index contributed by atoms with van der Waals surface area (Å²) in [5.74, 6) is 0.996. The number of rotatable bonds is 8. The van der Waals surface area contributed by atoms with Crippen molar-refractivity contribution >= 4 is 21.9 Å². The molecule has 1 saturated heterocycles. The molecule has 2 rings (SSSR count). The van der Waals surface area contributed by atoms with E-state index in [2.05, 4.69) is 20.8 Å². The number of hydrogen-bond donors (Lipinski definition) is 0. The van der Waals surface area contributed by atoms with E-state index >= 15 is 0 Å². The van der Waals surface area contributed by atoms with Gasteiger partial charge in [0.2, 0.25) is 0 Å². The predicted octanol–water partition coefficient (Wildman–Crippen LogP) is 3.88. The van der Waals surface area contributed by atoms with Crippen molar-refractivity contribution < 1.29 is 14.3 Å². The predicted molar refractivity (Wildman–Crippen MR) is 94.7 cm³/mol. The molecule has 0 aromatic heterocycles. The van der Waals surface area contributed by atoms with Gasteiger partial charge in [0.15, 0.2) is 0 Å². The van der Waals surface area contributed by atoms with Gasteiger partial charge in [-0.15, -0.1) is 0 Å². The topological polar surface area (TPSA) is 38.8 Å². The van der Waals surface area contributed by atoms with Gasteiger partial charge in [-0.05, 0) is 70.4 Å². The van der Waals surface area contributed by atoms with Crippen LogP contribution in [-0.4, -0.2) is 43.7 Å². The molecular weight excluding hydrogens is 358 g/mol. The highest BCUT2D eigenvalue weighted by Gasteiger charge is 2.25. The fourth-order valence-corrected chi connectivity index (χ4v) is 3.21. The first-order valence-electron chi connectivity index (χ1n) is 8.46. The smallest absolute Gasteiger partial charge is 0.309 e. The summed E-state index contributed by atoms with van der Waals surface area (Å²) in [6, 6.07) is 7.94. The Hall–Kier alpha value is -1.07. The van der Waals surface area contributed by atoms with Gasteiger partial charge in [-0.3, -0.25) is 4.79 Å². The number of nitrogens with zero attached hydrogens (tertiary/aromatic N) is 1. The molecule has 0 spiro atoms. The average Bonchev–Trinajstić information content (AvgIpc) is 2.55. The number of unbranched alkanes of at least 4 members (excludes halogenated alkanes) is 1. The molecule has 1 fully saturated rings. The molecule has 1 heterocycles. The zero-order valence-corrected chi connectivity index (χ0v) is 15.4. The zero-order valence-electron chi connectivity index (χ0n) is 13.8. The molecule has 0 bridgehead atoms. The number of halogens is 1. The van der Waals surface area contributed by atoms with Gasteiger partial charge in [0.25, 0.3) is 0 Å². The van der Waals surface area contributed by atoms with Crippen molar-refractivity contribution in [2.24, 2.45) is 5.92 Å². The first-order chi connectivity index (χ1) is 11.2. The Balaban J connectivity index is 1.55. The quantitative estimate of drug-likeness (QED) is 0.504. The molecule has 0 N–H and O–H groups in total. The minimum Gasteiger partial charge on any atom is -0.494 e. The van der Waals surface area contributed by atoms with Gasteiger partial charge >= 0.3 is 5.97 Å². The second-order valence-corrected chi connectivity index (χ2v) is 6.80. The number of carbonyl (C=O) groups is 1. The van der Waals surface area contributed by atoms with Crippen LogP contribution in [0, 0.1) is 5.92 Å². The van der Waals surface area contributed by atoms with E-state index in [-0.39, 0.29) is 11.9 Å². The highest BCUT2D eigenvalue weighted by Crippen LogP contribution is 2.20. The summed E-state index contributed by atoms with van der Waals surface area (Å²) in [6.07, 6.45) is 4.02. The summed E-state index contributed by atoms with van der Waals surface area (Å²) < 4.78 is 11.9. The van der Waals surface area contributed by atoms with E-state index in [0.717, 1.165) is 62.1 Å². The van der Waals surface area contributed by atoms with Gasteiger partial charge in [0.1, 0.15) is 5.75 Å². The molecule has 1 aromatic rings. The van der Waals surface area contributed by atoms with Crippen LogP contribution in [0.5, 0.6) is 5.75 Å². The van der Waals surface area contributed by atoms with Gasteiger partial charge in [0, 0.05) is 4.47 Å². The molecule has 0 radical (unpaired) electrons. The van der Waals surface area contributed by atoms with E-state index in [1.165, 1.54) is 0 Å². The van der Waals surface area contributed by atoms with Crippen LogP contribution < -0.4 is 4.74 Å². The maximum atomic E-state index is 11.7. The molecule has 0 atom stereocenters. The van der Waals surface area contributed by atoms with Crippen LogP contribution in [0.2, 0.25) is 0 Å². The van der Waals surface area contributed by atoms with Crippen LogP contribution in [-0.2, 0) is 9.53 Å². The van der Waals surface area contributed by atoms with Crippen LogP contribution in [0.3, 0.4) is 0 Å². The Morgan fingerprint density at radius 1 is 1.30 bits per heavy atom. The monoisotopic (exact) mass is 383 g/mol. The Morgan fingerprint density at radius 2 is 2.09 bits per heavy atom. The summed E-state index contributed by atoms with van der Waals surface area (Å²) in [5, 5.41) is 0. The number of benzene rings is 1. The van der Waals surface area contributed by atoms with Crippen molar-refractivity contribution in [3.05, 3.63) is 28.7 Å². The molecule has 23 heavy (non-hydrogen) atoms. The largest absolute Gasteiger partial charge is 0.494 e. The lowest BCUT2D eigenvalue weighted by Gasteiger charge is -2.30. The van der Waals surface area contributed by atoms with Crippen molar-refractivity contribution in [2.75, 3.05) is 32.8 Å². The Labute approximate surface area is 147 Å². The number of piperidine rings is 1. The first-order valence-corrected chi connectivity index (χ1v) is 9.25. The molecule has 1 aliphatic heterocycles. The molecule has 1 aromatic carbocycles. The number of likely N-dealkylation sites (tertiary alicyclic amines) is 1. The van der Waals surface area contributed by atoms with Crippen molar-refractivity contribution in [2.45, 2.75) is 32.6 Å². The average molecular weight is 384 g/mol. The highest BCUT2D eigenvalue weighted by atomic mass is 79.9. The van der Waals surface area contributed by atoms with Gasteiger partial charge < -0.3 is 14.4 Å².